The highest BCUT2D eigenvalue weighted by Gasteiger charge is 2.20. The van der Waals surface area contributed by atoms with Gasteiger partial charge in [0.05, 0.1) is 6.42 Å². The number of Topliss-reactive ketones (excluding diaryl/α,β-unsaturated/α-hetero) is 1. The lowest BCUT2D eigenvalue weighted by Gasteiger charge is -2.11. The summed E-state index contributed by atoms with van der Waals surface area (Å²) in [7, 11) is 1.46. The fraction of sp³-hybridized carbons (Fsp3) is 0.353. The Balaban J connectivity index is 3.11. The van der Waals surface area contributed by atoms with Crippen LogP contribution in [0.25, 0.3) is 0 Å². The number of carboxylic acids is 2. The van der Waals surface area contributed by atoms with Crippen LogP contribution >= 0.6 is 0 Å². The van der Waals surface area contributed by atoms with Gasteiger partial charge in [0.1, 0.15) is 0 Å². The van der Waals surface area contributed by atoms with E-state index in [1.54, 1.807) is 18.2 Å². The molecule has 1 aromatic carbocycles. The second-order valence-corrected chi connectivity index (χ2v) is 5.17. The Labute approximate surface area is 134 Å². The largest absolute Gasteiger partial charge is 0.481 e. The first kappa shape index (κ1) is 18.6. The van der Waals surface area contributed by atoms with Crippen LogP contribution < -0.4 is 0 Å². The number of benzene rings is 1. The first-order valence-corrected chi connectivity index (χ1v) is 7.10. The molecule has 124 valence electrons. The molecular weight excluding hydrogens is 300 g/mol. The van der Waals surface area contributed by atoms with Gasteiger partial charge in [-0.25, -0.2) is 4.79 Å². The molecule has 6 heteroatoms. The van der Waals surface area contributed by atoms with Crippen molar-refractivity contribution in [1.82, 2.24) is 0 Å². The molecule has 0 aliphatic rings. The molecule has 1 rings (SSSR count). The topological polar surface area (TPSA) is 101 Å². The highest BCUT2D eigenvalue weighted by atomic mass is 16.5. The number of aliphatic carboxylic acids is 2. The van der Waals surface area contributed by atoms with Crippen molar-refractivity contribution in [2.75, 3.05) is 13.7 Å². The number of carbonyl (C=O) groups is 3. The van der Waals surface area contributed by atoms with Gasteiger partial charge in [-0.05, 0) is 25.0 Å². The normalized spacial score (nSPS) is 11.7. The summed E-state index contributed by atoms with van der Waals surface area (Å²) in [6.07, 6.45) is -0.569. The summed E-state index contributed by atoms with van der Waals surface area (Å²) in [5.74, 6) is -2.82. The Bertz CT molecular complexity index is 630. The average Bonchev–Trinajstić information content (AvgIpc) is 2.48. The molecular formula is C17H20O6. The van der Waals surface area contributed by atoms with Crippen LogP contribution in [-0.4, -0.2) is 41.7 Å². The lowest BCUT2D eigenvalue weighted by atomic mass is 9.94. The van der Waals surface area contributed by atoms with Crippen molar-refractivity contribution in [3.8, 4) is 0 Å². The Kier molecular flexibility index (Phi) is 7.15. The van der Waals surface area contributed by atoms with Crippen molar-refractivity contribution in [2.45, 2.75) is 26.2 Å². The van der Waals surface area contributed by atoms with E-state index in [2.05, 4.69) is 0 Å². The minimum Gasteiger partial charge on any atom is -0.481 e. The van der Waals surface area contributed by atoms with Gasteiger partial charge < -0.3 is 14.9 Å². The maximum absolute atomic E-state index is 12.4. The SMILES string of the molecule is COCCC(CC(=O)c1cccc(C)c1)=C(CC(=O)O)C(=O)O. The van der Waals surface area contributed by atoms with Gasteiger partial charge in [0.2, 0.25) is 0 Å². The number of carboxylic acid groups (broad SMARTS) is 2. The summed E-state index contributed by atoms with van der Waals surface area (Å²) in [5, 5.41) is 18.1. The van der Waals surface area contributed by atoms with E-state index in [-0.39, 0.29) is 36.4 Å². The molecule has 0 aromatic heterocycles. The van der Waals surface area contributed by atoms with Crippen LogP contribution in [0.3, 0.4) is 0 Å². The van der Waals surface area contributed by atoms with E-state index < -0.39 is 18.4 Å². The van der Waals surface area contributed by atoms with E-state index in [0.717, 1.165) is 5.56 Å². The zero-order chi connectivity index (χ0) is 17.4. The van der Waals surface area contributed by atoms with Gasteiger partial charge in [-0.15, -0.1) is 0 Å². The summed E-state index contributed by atoms with van der Waals surface area (Å²) in [6.45, 7) is 2.07. The number of rotatable bonds is 9. The quantitative estimate of drug-likeness (QED) is 0.535. The van der Waals surface area contributed by atoms with Gasteiger partial charge in [0.25, 0.3) is 0 Å². The monoisotopic (exact) mass is 320 g/mol. The van der Waals surface area contributed by atoms with E-state index in [9.17, 15) is 19.5 Å². The van der Waals surface area contributed by atoms with E-state index >= 15 is 0 Å². The Morgan fingerprint density at radius 1 is 1.13 bits per heavy atom. The molecule has 0 aliphatic carbocycles. The zero-order valence-electron chi connectivity index (χ0n) is 13.2. The zero-order valence-corrected chi connectivity index (χ0v) is 13.2. The number of ketones is 1. The minimum atomic E-state index is -1.32. The number of hydrogen-bond donors (Lipinski definition) is 2. The summed E-state index contributed by atoms with van der Waals surface area (Å²) >= 11 is 0. The number of carbonyl (C=O) groups excluding carboxylic acids is 1. The third kappa shape index (κ3) is 6.04. The predicted molar refractivity (Wildman–Crippen MR) is 83.5 cm³/mol. The molecule has 0 saturated carbocycles. The number of ether oxygens (including phenoxy) is 1. The van der Waals surface area contributed by atoms with Gasteiger partial charge in [0.15, 0.2) is 5.78 Å². The molecule has 0 bridgehead atoms. The van der Waals surface area contributed by atoms with Crippen LogP contribution in [0, 0.1) is 6.92 Å². The minimum absolute atomic E-state index is 0.137. The molecule has 0 aliphatic heterocycles. The highest BCUT2D eigenvalue weighted by Crippen LogP contribution is 2.20. The van der Waals surface area contributed by atoms with E-state index in [0.29, 0.717) is 5.56 Å². The predicted octanol–water partition coefficient (Wildman–Crippen LogP) is 2.46. The fourth-order valence-electron chi connectivity index (χ4n) is 2.19. The van der Waals surface area contributed by atoms with Gasteiger partial charge in [0, 0.05) is 31.3 Å². The van der Waals surface area contributed by atoms with Crippen LogP contribution in [0.15, 0.2) is 35.4 Å². The molecule has 0 fully saturated rings. The Morgan fingerprint density at radius 3 is 2.35 bits per heavy atom. The molecule has 0 atom stereocenters. The van der Waals surface area contributed by atoms with Crippen molar-refractivity contribution >= 4 is 17.7 Å². The number of methoxy groups -OCH3 is 1. The van der Waals surface area contributed by atoms with E-state index in [1.165, 1.54) is 7.11 Å². The van der Waals surface area contributed by atoms with E-state index in [4.69, 9.17) is 9.84 Å². The maximum atomic E-state index is 12.4. The van der Waals surface area contributed by atoms with Gasteiger partial charge >= 0.3 is 11.9 Å². The van der Waals surface area contributed by atoms with Crippen LogP contribution in [0.4, 0.5) is 0 Å². The van der Waals surface area contributed by atoms with Crippen LogP contribution in [0.1, 0.15) is 35.2 Å². The lowest BCUT2D eigenvalue weighted by Crippen LogP contribution is -2.13. The summed E-state index contributed by atoms with van der Waals surface area (Å²) in [6, 6.07) is 6.97. The lowest BCUT2D eigenvalue weighted by molar-refractivity contribution is -0.139. The second kappa shape index (κ2) is 8.85. The molecule has 0 saturated heterocycles. The van der Waals surface area contributed by atoms with Crippen LogP contribution in [0.2, 0.25) is 0 Å². The second-order valence-electron chi connectivity index (χ2n) is 5.17. The van der Waals surface area contributed by atoms with Crippen LogP contribution in [0.5, 0.6) is 0 Å². The Hall–Kier alpha value is -2.47. The van der Waals surface area contributed by atoms with Crippen molar-refractivity contribution in [3.63, 3.8) is 0 Å². The summed E-state index contributed by atoms with van der Waals surface area (Å²) < 4.78 is 4.93. The first-order chi connectivity index (χ1) is 10.8. The molecule has 23 heavy (non-hydrogen) atoms. The third-order valence-corrected chi connectivity index (χ3v) is 3.33. The van der Waals surface area contributed by atoms with Crippen molar-refractivity contribution in [2.24, 2.45) is 0 Å². The standard InChI is InChI=1S/C17H20O6/c1-11-4-3-5-13(8-11)15(18)9-12(6-7-23-2)14(17(21)22)10-16(19)20/h3-5,8H,6-7,9-10H2,1-2H3,(H,19,20)(H,21,22). The van der Waals surface area contributed by atoms with Gasteiger partial charge in [-0.2, -0.15) is 0 Å². The van der Waals surface area contributed by atoms with E-state index in [1.807, 2.05) is 13.0 Å². The molecule has 0 amide bonds. The molecule has 0 unspecified atom stereocenters. The summed E-state index contributed by atoms with van der Waals surface area (Å²) in [4.78, 5) is 34.6. The first-order valence-electron chi connectivity index (χ1n) is 7.10. The smallest absolute Gasteiger partial charge is 0.332 e. The molecule has 0 heterocycles. The molecule has 0 spiro atoms. The van der Waals surface area contributed by atoms with Gasteiger partial charge in [-0.1, -0.05) is 23.8 Å². The highest BCUT2D eigenvalue weighted by molar-refractivity contribution is 6.00. The fourth-order valence-corrected chi connectivity index (χ4v) is 2.19. The van der Waals surface area contributed by atoms with Crippen molar-refractivity contribution in [3.05, 3.63) is 46.5 Å². The maximum Gasteiger partial charge on any atom is 0.332 e. The molecule has 2 N–H and O–H groups in total. The van der Waals surface area contributed by atoms with Crippen molar-refractivity contribution < 1.29 is 29.3 Å². The Morgan fingerprint density at radius 2 is 1.83 bits per heavy atom. The number of hydrogen-bond acceptors (Lipinski definition) is 4. The molecule has 6 nitrogen and oxygen atoms in total. The van der Waals surface area contributed by atoms with Crippen molar-refractivity contribution in [1.29, 1.82) is 0 Å². The third-order valence-electron chi connectivity index (χ3n) is 3.33. The number of aryl methyl sites for hydroxylation is 1. The summed E-state index contributed by atoms with van der Waals surface area (Å²) in [5.41, 5.74) is 1.42. The molecule has 1 aromatic rings. The van der Waals surface area contributed by atoms with Crippen LogP contribution in [-0.2, 0) is 14.3 Å². The molecule has 0 radical (unpaired) electrons. The van der Waals surface area contributed by atoms with Gasteiger partial charge in [-0.3, -0.25) is 9.59 Å². The average molecular weight is 320 g/mol.